The highest BCUT2D eigenvalue weighted by molar-refractivity contribution is 6.06. The summed E-state index contributed by atoms with van der Waals surface area (Å²) in [7, 11) is 0. The average Bonchev–Trinajstić information content (AvgIpc) is 2.60. The second-order valence-corrected chi connectivity index (χ2v) is 4.57. The number of hydrogen-bond donors (Lipinski definition) is 1. The molecule has 2 bridgehead atoms. The van der Waals surface area contributed by atoms with Gasteiger partial charge in [0.15, 0.2) is 0 Å². The maximum atomic E-state index is 11.9. The molecule has 88 valence electrons. The Hall–Kier alpha value is -1.43. The third-order valence-corrected chi connectivity index (χ3v) is 3.09. The largest absolute Gasteiger partial charge is 0.480 e. The smallest absolute Gasteiger partial charge is 0.329 e. The number of likely N-dealkylation sites (tertiary alicyclic amines) is 1. The number of amides is 2. The van der Waals surface area contributed by atoms with Crippen LogP contribution < -0.4 is 0 Å². The molecule has 0 aromatic carbocycles. The monoisotopic (exact) mass is 227 g/mol. The van der Waals surface area contributed by atoms with Crippen LogP contribution >= 0.6 is 0 Å². The Labute approximate surface area is 92.2 Å². The Morgan fingerprint density at radius 1 is 1.31 bits per heavy atom. The van der Waals surface area contributed by atoms with E-state index in [1.165, 1.54) is 13.8 Å². The van der Waals surface area contributed by atoms with Crippen LogP contribution in [0.2, 0.25) is 0 Å². The molecule has 2 saturated heterocycles. The van der Waals surface area contributed by atoms with E-state index >= 15 is 0 Å². The molecule has 6 heteroatoms. The quantitative estimate of drug-likeness (QED) is 0.658. The van der Waals surface area contributed by atoms with Crippen molar-refractivity contribution in [3.8, 4) is 0 Å². The fraction of sp³-hybridized carbons (Fsp3) is 0.700. The first-order chi connectivity index (χ1) is 7.35. The normalized spacial score (nSPS) is 29.8. The Morgan fingerprint density at radius 3 is 2.12 bits per heavy atom. The summed E-state index contributed by atoms with van der Waals surface area (Å²) in [5.41, 5.74) is -1.52. The second-order valence-electron chi connectivity index (χ2n) is 4.57. The van der Waals surface area contributed by atoms with Gasteiger partial charge in [0.2, 0.25) is 0 Å². The van der Waals surface area contributed by atoms with Gasteiger partial charge in [-0.25, -0.2) is 4.79 Å². The molecule has 2 rings (SSSR count). The van der Waals surface area contributed by atoms with Crippen molar-refractivity contribution in [1.29, 1.82) is 0 Å². The highest BCUT2D eigenvalue weighted by Crippen LogP contribution is 2.32. The van der Waals surface area contributed by atoms with Crippen molar-refractivity contribution in [3.05, 3.63) is 0 Å². The lowest BCUT2D eigenvalue weighted by molar-refractivity contribution is -0.181. The number of hydrogen-bond acceptors (Lipinski definition) is 4. The first kappa shape index (κ1) is 11.1. The number of imide groups is 1. The highest BCUT2D eigenvalue weighted by atomic mass is 16.5. The van der Waals surface area contributed by atoms with Gasteiger partial charge in [0.25, 0.3) is 11.8 Å². The number of carbonyl (C=O) groups is 3. The molecule has 2 aliphatic heterocycles. The van der Waals surface area contributed by atoms with Gasteiger partial charge in [-0.3, -0.25) is 14.5 Å². The number of aliphatic carboxylic acids is 1. The summed E-state index contributed by atoms with van der Waals surface area (Å²) in [4.78, 5) is 35.6. The fourth-order valence-electron chi connectivity index (χ4n) is 2.04. The summed E-state index contributed by atoms with van der Waals surface area (Å²) in [5, 5.41) is 9.04. The standard InChI is InChI=1S/C10H13NO5/c1-10(2,9(14)15)11-7(12)5-3-4-6(16-5)8(11)13/h5-6H,3-4H2,1-2H3,(H,14,15). The molecule has 2 aliphatic rings. The molecule has 0 aromatic heterocycles. The summed E-state index contributed by atoms with van der Waals surface area (Å²) in [6.45, 7) is 2.69. The molecule has 2 unspecified atom stereocenters. The van der Waals surface area contributed by atoms with Gasteiger partial charge in [-0.15, -0.1) is 0 Å². The lowest BCUT2D eigenvalue weighted by atomic mass is 10.0. The molecule has 16 heavy (non-hydrogen) atoms. The predicted octanol–water partition coefficient (Wildman–Crippen LogP) is -0.234. The van der Waals surface area contributed by atoms with Gasteiger partial charge in [-0.1, -0.05) is 0 Å². The lowest BCUT2D eigenvalue weighted by Crippen LogP contribution is -2.62. The Bertz CT molecular complexity index is 353. The minimum absolute atomic E-state index is 0.488. The van der Waals surface area contributed by atoms with E-state index in [1.54, 1.807) is 0 Å². The number of carbonyl (C=O) groups excluding carboxylic acids is 2. The molecule has 2 fully saturated rings. The topological polar surface area (TPSA) is 83.9 Å². The van der Waals surface area contributed by atoms with Crippen LogP contribution in [0.5, 0.6) is 0 Å². The molecule has 0 aromatic rings. The zero-order valence-corrected chi connectivity index (χ0v) is 9.10. The van der Waals surface area contributed by atoms with Crippen molar-refractivity contribution in [2.75, 3.05) is 0 Å². The summed E-state index contributed by atoms with van der Waals surface area (Å²) < 4.78 is 5.19. The first-order valence-corrected chi connectivity index (χ1v) is 5.12. The SMILES string of the molecule is CC(C)(C(=O)O)N1C(=O)C2CCC(O2)C1=O. The number of ether oxygens (including phenoxy) is 1. The number of morpholine rings is 1. The molecule has 0 aliphatic carbocycles. The van der Waals surface area contributed by atoms with Crippen molar-refractivity contribution in [1.82, 2.24) is 4.90 Å². The maximum absolute atomic E-state index is 11.9. The minimum Gasteiger partial charge on any atom is -0.480 e. The molecule has 2 atom stereocenters. The van der Waals surface area contributed by atoms with Gasteiger partial charge in [0.05, 0.1) is 0 Å². The summed E-state index contributed by atoms with van der Waals surface area (Å²) in [6, 6.07) is 0. The van der Waals surface area contributed by atoms with Crippen molar-refractivity contribution >= 4 is 17.8 Å². The third kappa shape index (κ3) is 1.33. The van der Waals surface area contributed by atoms with E-state index in [2.05, 4.69) is 0 Å². The van der Waals surface area contributed by atoms with Crippen molar-refractivity contribution in [2.24, 2.45) is 0 Å². The van der Waals surface area contributed by atoms with Gasteiger partial charge in [-0.2, -0.15) is 0 Å². The molecule has 0 radical (unpaired) electrons. The lowest BCUT2D eigenvalue weighted by Gasteiger charge is -2.38. The summed E-state index contributed by atoms with van der Waals surface area (Å²) >= 11 is 0. The van der Waals surface area contributed by atoms with Gasteiger partial charge in [0, 0.05) is 0 Å². The van der Waals surface area contributed by atoms with E-state index in [0.29, 0.717) is 12.8 Å². The average molecular weight is 227 g/mol. The maximum Gasteiger partial charge on any atom is 0.329 e. The third-order valence-electron chi connectivity index (χ3n) is 3.09. The molecule has 6 nitrogen and oxygen atoms in total. The molecule has 1 N–H and O–H groups in total. The van der Waals surface area contributed by atoms with Crippen LogP contribution in [0.1, 0.15) is 26.7 Å². The highest BCUT2D eigenvalue weighted by Gasteiger charge is 2.53. The first-order valence-electron chi connectivity index (χ1n) is 5.12. The molecule has 0 spiro atoms. The fourth-order valence-corrected chi connectivity index (χ4v) is 2.04. The molecule has 0 saturated carbocycles. The zero-order valence-electron chi connectivity index (χ0n) is 9.10. The summed E-state index contributed by atoms with van der Waals surface area (Å²) in [5.74, 6) is -2.27. The van der Waals surface area contributed by atoms with Crippen molar-refractivity contribution < 1.29 is 24.2 Å². The number of fused-ring (bicyclic) bond motifs is 2. The van der Waals surface area contributed by atoms with Crippen LogP contribution in [0.4, 0.5) is 0 Å². The van der Waals surface area contributed by atoms with Crippen LogP contribution in [0.25, 0.3) is 0 Å². The predicted molar refractivity (Wildman–Crippen MR) is 51.5 cm³/mol. The number of nitrogens with zero attached hydrogens (tertiary/aromatic N) is 1. The molecule has 2 amide bonds. The van der Waals surface area contributed by atoms with E-state index in [0.717, 1.165) is 4.90 Å². The van der Waals surface area contributed by atoms with E-state index in [1.807, 2.05) is 0 Å². The van der Waals surface area contributed by atoms with Gasteiger partial charge < -0.3 is 9.84 Å². The Morgan fingerprint density at radius 2 is 1.75 bits per heavy atom. The molecule has 2 heterocycles. The van der Waals surface area contributed by atoms with Crippen LogP contribution in [0, 0.1) is 0 Å². The van der Waals surface area contributed by atoms with E-state index in [4.69, 9.17) is 9.84 Å². The van der Waals surface area contributed by atoms with Crippen molar-refractivity contribution in [3.63, 3.8) is 0 Å². The minimum atomic E-state index is -1.52. The van der Waals surface area contributed by atoms with E-state index in [9.17, 15) is 14.4 Å². The number of carboxylic acid groups (broad SMARTS) is 1. The van der Waals surface area contributed by atoms with Crippen molar-refractivity contribution in [2.45, 2.75) is 44.4 Å². The van der Waals surface area contributed by atoms with E-state index in [-0.39, 0.29) is 0 Å². The van der Waals surface area contributed by atoms with Crippen LogP contribution in [0.15, 0.2) is 0 Å². The second kappa shape index (κ2) is 3.28. The van der Waals surface area contributed by atoms with Gasteiger partial charge in [0.1, 0.15) is 17.7 Å². The number of carboxylic acids is 1. The van der Waals surface area contributed by atoms with Gasteiger partial charge in [-0.05, 0) is 26.7 Å². The van der Waals surface area contributed by atoms with Crippen LogP contribution in [-0.4, -0.2) is 45.5 Å². The zero-order chi connectivity index (χ0) is 12.1. The summed E-state index contributed by atoms with van der Waals surface area (Å²) in [6.07, 6.45) is -0.328. The van der Waals surface area contributed by atoms with E-state index < -0.39 is 35.5 Å². The van der Waals surface area contributed by atoms with Crippen LogP contribution in [0.3, 0.4) is 0 Å². The van der Waals surface area contributed by atoms with Gasteiger partial charge >= 0.3 is 5.97 Å². The molecular formula is C10H13NO5. The number of rotatable bonds is 2. The molecular weight excluding hydrogens is 214 g/mol. The van der Waals surface area contributed by atoms with Crippen LogP contribution in [-0.2, 0) is 19.1 Å². The Kier molecular flexibility index (Phi) is 2.27. The Balaban J connectivity index is 2.37.